The molecule has 1 atom stereocenters. The summed E-state index contributed by atoms with van der Waals surface area (Å²) >= 11 is 0. The summed E-state index contributed by atoms with van der Waals surface area (Å²) in [7, 11) is -7.52. The maximum Gasteiger partial charge on any atom is 0.242 e. The van der Waals surface area contributed by atoms with Gasteiger partial charge in [-0.1, -0.05) is 18.9 Å². The minimum absolute atomic E-state index is 0.108. The third-order valence-electron chi connectivity index (χ3n) is 5.15. The maximum atomic E-state index is 13.0. The first-order valence-corrected chi connectivity index (χ1v) is 12.4. The van der Waals surface area contributed by atoms with Crippen LogP contribution in [0.15, 0.2) is 58.3 Å². The van der Waals surface area contributed by atoms with Crippen LogP contribution in [0.5, 0.6) is 0 Å². The maximum absolute atomic E-state index is 13.0. The molecule has 1 amide bonds. The number of hydrogen-bond donors (Lipinski definition) is 1. The van der Waals surface area contributed by atoms with Crippen molar-refractivity contribution in [3.05, 3.63) is 54.3 Å². The molecule has 1 aliphatic carbocycles. The number of sulfone groups is 2. The number of halogens is 1. The number of nitrogens with one attached hydrogen (secondary N) is 1. The molecule has 1 saturated carbocycles. The average molecular weight is 440 g/mol. The highest BCUT2D eigenvalue weighted by Gasteiger charge is 2.32. The summed E-state index contributed by atoms with van der Waals surface area (Å²) < 4.78 is 63.7. The number of rotatable bonds is 6. The number of carbonyl (C=O) groups is 1. The van der Waals surface area contributed by atoms with Gasteiger partial charge in [0, 0.05) is 5.69 Å². The normalized spacial score (nSPS) is 16.5. The monoisotopic (exact) mass is 439 g/mol. The molecule has 1 aliphatic rings. The van der Waals surface area contributed by atoms with Crippen LogP contribution >= 0.6 is 0 Å². The van der Waals surface area contributed by atoms with Gasteiger partial charge >= 0.3 is 0 Å². The molecule has 0 aliphatic heterocycles. The van der Waals surface area contributed by atoms with Crippen molar-refractivity contribution < 1.29 is 26.0 Å². The molecule has 0 heterocycles. The third kappa shape index (κ3) is 4.51. The standard InChI is InChI=1S/C20H22FNO5S2/c1-14(28(24,25)18-11-9-15(21)10-12-18)20(23)22-16-5-4-8-19(13-16)29(26,27)17-6-2-3-7-17/h4-5,8-14,17H,2-3,6-7H2,1H3,(H,22,23). The molecule has 0 saturated heterocycles. The van der Waals surface area contributed by atoms with Gasteiger partial charge in [-0.3, -0.25) is 4.79 Å². The Hall–Kier alpha value is -2.26. The predicted molar refractivity (Wildman–Crippen MR) is 108 cm³/mol. The molecule has 0 aromatic heterocycles. The highest BCUT2D eigenvalue weighted by Crippen LogP contribution is 2.30. The Bertz CT molecular complexity index is 1110. The SMILES string of the molecule is CC(C(=O)Nc1cccc(S(=O)(=O)C2CCCC2)c1)S(=O)(=O)c1ccc(F)cc1. The molecule has 1 unspecified atom stereocenters. The fraction of sp³-hybridized carbons (Fsp3) is 0.350. The van der Waals surface area contributed by atoms with E-state index in [0.717, 1.165) is 37.1 Å². The van der Waals surface area contributed by atoms with Crippen molar-refractivity contribution in [1.29, 1.82) is 0 Å². The van der Waals surface area contributed by atoms with Gasteiger partial charge in [-0.2, -0.15) is 0 Å². The van der Waals surface area contributed by atoms with Gasteiger partial charge in [0.25, 0.3) is 0 Å². The molecule has 1 fully saturated rings. The van der Waals surface area contributed by atoms with Crippen LogP contribution in [0.1, 0.15) is 32.6 Å². The lowest BCUT2D eigenvalue weighted by molar-refractivity contribution is -0.115. The summed E-state index contributed by atoms with van der Waals surface area (Å²) in [5.41, 5.74) is 0.204. The molecule has 0 radical (unpaired) electrons. The molecule has 29 heavy (non-hydrogen) atoms. The van der Waals surface area contributed by atoms with Gasteiger partial charge in [0.05, 0.1) is 15.0 Å². The van der Waals surface area contributed by atoms with Crippen LogP contribution in [-0.4, -0.2) is 33.2 Å². The van der Waals surface area contributed by atoms with E-state index in [0.29, 0.717) is 12.8 Å². The minimum Gasteiger partial charge on any atom is -0.325 e. The molecule has 3 rings (SSSR count). The summed E-state index contributed by atoms with van der Waals surface area (Å²) in [6, 6.07) is 10.1. The van der Waals surface area contributed by atoms with Crippen LogP contribution in [0.3, 0.4) is 0 Å². The van der Waals surface area contributed by atoms with E-state index >= 15 is 0 Å². The van der Waals surface area contributed by atoms with E-state index in [-0.39, 0.29) is 15.5 Å². The molecule has 0 bridgehead atoms. The van der Waals surface area contributed by atoms with Crippen molar-refractivity contribution in [1.82, 2.24) is 0 Å². The Kier molecular flexibility index (Phi) is 6.09. The van der Waals surface area contributed by atoms with E-state index in [1.54, 1.807) is 0 Å². The molecule has 1 N–H and O–H groups in total. The van der Waals surface area contributed by atoms with Crippen molar-refractivity contribution in [3.63, 3.8) is 0 Å². The second-order valence-electron chi connectivity index (χ2n) is 7.11. The first-order chi connectivity index (χ1) is 13.6. The van der Waals surface area contributed by atoms with Gasteiger partial charge in [-0.25, -0.2) is 21.2 Å². The predicted octanol–water partition coefficient (Wildman–Crippen LogP) is 3.34. The Morgan fingerprint density at radius 1 is 1.00 bits per heavy atom. The average Bonchev–Trinajstić information content (AvgIpc) is 3.23. The second kappa shape index (κ2) is 8.23. The zero-order valence-corrected chi connectivity index (χ0v) is 17.5. The zero-order chi connectivity index (χ0) is 21.2. The van der Waals surface area contributed by atoms with Crippen molar-refractivity contribution in [2.24, 2.45) is 0 Å². The third-order valence-corrected chi connectivity index (χ3v) is 9.48. The highest BCUT2D eigenvalue weighted by atomic mass is 32.2. The van der Waals surface area contributed by atoms with Crippen molar-refractivity contribution in [3.8, 4) is 0 Å². The molecule has 2 aromatic carbocycles. The fourth-order valence-corrected chi connectivity index (χ4v) is 6.52. The Morgan fingerprint density at radius 2 is 1.62 bits per heavy atom. The number of amides is 1. The molecule has 2 aromatic rings. The van der Waals surface area contributed by atoms with Crippen LogP contribution in [-0.2, 0) is 24.5 Å². The minimum atomic E-state index is -4.02. The molecule has 9 heteroatoms. The smallest absolute Gasteiger partial charge is 0.242 e. The number of carbonyl (C=O) groups excluding carboxylic acids is 1. The van der Waals surface area contributed by atoms with Gasteiger partial charge in [-0.15, -0.1) is 0 Å². The molecular formula is C20H22FNO5S2. The van der Waals surface area contributed by atoms with E-state index in [1.807, 2.05) is 0 Å². The number of benzene rings is 2. The molecule has 6 nitrogen and oxygen atoms in total. The highest BCUT2D eigenvalue weighted by molar-refractivity contribution is 7.93. The van der Waals surface area contributed by atoms with Crippen molar-refractivity contribution >= 4 is 31.3 Å². The van der Waals surface area contributed by atoms with E-state index in [9.17, 15) is 26.0 Å². The fourth-order valence-electron chi connectivity index (χ4n) is 3.36. The van der Waals surface area contributed by atoms with Crippen LogP contribution in [0.25, 0.3) is 0 Å². The summed E-state index contributed by atoms with van der Waals surface area (Å²) in [5, 5.41) is 0.609. The van der Waals surface area contributed by atoms with E-state index in [2.05, 4.69) is 5.32 Å². The van der Waals surface area contributed by atoms with Crippen molar-refractivity contribution in [2.75, 3.05) is 5.32 Å². The summed E-state index contributed by atoms with van der Waals surface area (Å²) in [5.74, 6) is -1.38. The lowest BCUT2D eigenvalue weighted by Crippen LogP contribution is -2.32. The van der Waals surface area contributed by atoms with Crippen LogP contribution in [0.4, 0.5) is 10.1 Å². The Labute approximate surface area is 170 Å². The second-order valence-corrected chi connectivity index (χ2v) is 11.6. The van der Waals surface area contributed by atoms with Gasteiger partial charge in [0.15, 0.2) is 19.7 Å². The summed E-state index contributed by atoms with van der Waals surface area (Å²) in [6.07, 6.45) is 2.98. The van der Waals surface area contributed by atoms with Gasteiger partial charge < -0.3 is 5.32 Å². The van der Waals surface area contributed by atoms with Gasteiger partial charge in [0.1, 0.15) is 11.1 Å². The summed E-state index contributed by atoms with van der Waals surface area (Å²) in [4.78, 5) is 12.4. The van der Waals surface area contributed by atoms with E-state index in [1.165, 1.54) is 31.2 Å². The molecular weight excluding hydrogens is 417 g/mol. The molecule has 156 valence electrons. The van der Waals surface area contributed by atoms with Crippen LogP contribution < -0.4 is 5.32 Å². The lowest BCUT2D eigenvalue weighted by atomic mass is 10.3. The quantitative estimate of drug-likeness (QED) is 0.696. The van der Waals surface area contributed by atoms with Gasteiger partial charge in [0.2, 0.25) is 5.91 Å². The van der Waals surface area contributed by atoms with Crippen LogP contribution in [0, 0.1) is 5.82 Å². The Morgan fingerprint density at radius 3 is 2.24 bits per heavy atom. The largest absolute Gasteiger partial charge is 0.325 e. The van der Waals surface area contributed by atoms with Crippen molar-refractivity contribution in [2.45, 2.75) is 52.9 Å². The molecule has 0 spiro atoms. The zero-order valence-electron chi connectivity index (χ0n) is 15.8. The van der Waals surface area contributed by atoms with Crippen LogP contribution in [0.2, 0.25) is 0 Å². The summed E-state index contributed by atoms with van der Waals surface area (Å²) in [6.45, 7) is 1.23. The topological polar surface area (TPSA) is 97.4 Å². The first kappa shape index (κ1) is 21.4. The number of anilines is 1. The van der Waals surface area contributed by atoms with Gasteiger partial charge in [-0.05, 0) is 62.2 Å². The lowest BCUT2D eigenvalue weighted by Gasteiger charge is -2.15. The van der Waals surface area contributed by atoms with E-state index < -0.39 is 41.9 Å². The first-order valence-electron chi connectivity index (χ1n) is 9.26. The number of hydrogen-bond acceptors (Lipinski definition) is 5. The Balaban J connectivity index is 1.79. The van der Waals surface area contributed by atoms with E-state index in [4.69, 9.17) is 0 Å².